The quantitative estimate of drug-likeness (QED) is 0.846. The zero-order chi connectivity index (χ0) is 14.8. The first-order valence-corrected chi connectivity index (χ1v) is 7.44. The van der Waals surface area contributed by atoms with Crippen molar-refractivity contribution in [3.63, 3.8) is 0 Å². The zero-order valence-electron chi connectivity index (χ0n) is 13.0. The second-order valence-electron chi connectivity index (χ2n) is 6.57. The van der Waals surface area contributed by atoms with Crippen LogP contribution in [0.15, 0.2) is 24.3 Å². The van der Waals surface area contributed by atoms with Crippen molar-refractivity contribution in [3.8, 4) is 5.75 Å². The lowest BCUT2D eigenvalue weighted by atomic mass is 9.87. The molecule has 1 heterocycles. The van der Waals surface area contributed by atoms with E-state index in [1.807, 2.05) is 24.0 Å². The average Bonchev–Trinajstić information content (AvgIpc) is 2.91. The molecule has 110 valence electrons. The van der Waals surface area contributed by atoms with Crippen molar-refractivity contribution in [1.29, 1.82) is 0 Å². The Kier molecular flexibility index (Phi) is 4.36. The van der Waals surface area contributed by atoms with E-state index in [1.165, 1.54) is 5.56 Å². The maximum absolute atomic E-state index is 12.2. The van der Waals surface area contributed by atoms with Crippen LogP contribution in [0, 0.1) is 0 Å². The van der Waals surface area contributed by atoms with Crippen molar-refractivity contribution in [1.82, 2.24) is 4.90 Å². The van der Waals surface area contributed by atoms with Crippen LogP contribution < -0.4 is 4.74 Å². The molecule has 1 aliphatic heterocycles. The summed E-state index contributed by atoms with van der Waals surface area (Å²) in [5, 5.41) is 0. The number of carbonyl (C=O) groups excluding carboxylic acids is 1. The Morgan fingerprint density at radius 1 is 1.15 bits per heavy atom. The minimum atomic E-state index is -0.409. The summed E-state index contributed by atoms with van der Waals surface area (Å²) in [5.41, 5.74) is 1.40. The number of ether oxygens (including phenoxy) is 1. The van der Waals surface area contributed by atoms with Gasteiger partial charge in [-0.1, -0.05) is 32.9 Å². The molecule has 1 atom stereocenters. The number of benzene rings is 1. The highest BCUT2D eigenvalue weighted by Crippen LogP contribution is 2.25. The number of rotatable bonds is 3. The molecule has 3 nitrogen and oxygen atoms in total. The highest BCUT2D eigenvalue weighted by Gasteiger charge is 2.24. The normalized spacial score (nSPS) is 17.1. The summed E-state index contributed by atoms with van der Waals surface area (Å²) in [5.74, 6) is 0.862. The van der Waals surface area contributed by atoms with E-state index in [9.17, 15) is 4.79 Å². The third-order valence-corrected chi connectivity index (χ3v) is 3.80. The molecule has 1 saturated heterocycles. The van der Waals surface area contributed by atoms with Crippen molar-refractivity contribution in [2.45, 2.75) is 52.1 Å². The van der Waals surface area contributed by atoms with E-state index in [2.05, 4.69) is 32.9 Å². The van der Waals surface area contributed by atoms with Crippen LogP contribution in [-0.4, -0.2) is 30.0 Å². The van der Waals surface area contributed by atoms with E-state index in [0.717, 1.165) is 31.7 Å². The van der Waals surface area contributed by atoms with Gasteiger partial charge in [-0.15, -0.1) is 0 Å². The Hall–Kier alpha value is -1.51. The Balaban J connectivity index is 1.97. The predicted molar refractivity (Wildman–Crippen MR) is 81.0 cm³/mol. The van der Waals surface area contributed by atoms with Gasteiger partial charge in [0.05, 0.1) is 0 Å². The SMILES string of the molecule is C[C@H](Oc1ccc(C(C)(C)C)cc1)C(=O)N1CCCC1. The molecule has 1 aromatic carbocycles. The molecule has 0 aromatic heterocycles. The smallest absolute Gasteiger partial charge is 0.263 e. The number of nitrogens with zero attached hydrogens (tertiary/aromatic N) is 1. The average molecular weight is 275 g/mol. The molecule has 0 saturated carbocycles. The van der Waals surface area contributed by atoms with Crippen molar-refractivity contribution in [2.24, 2.45) is 0 Å². The second-order valence-corrected chi connectivity index (χ2v) is 6.57. The highest BCUT2D eigenvalue weighted by molar-refractivity contribution is 5.81. The third kappa shape index (κ3) is 3.53. The van der Waals surface area contributed by atoms with Crippen molar-refractivity contribution >= 4 is 5.91 Å². The Morgan fingerprint density at radius 3 is 2.20 bits per heavy atom. The molecule has 0 N–H and O–H groups in total. The van der Waals surface area contributed by atoms with Crippen molar-refractivity contribution < 1.29 is 9.53 Å². The molecular formula is C17H25NO2. The molecule has 0 aliphatic carbocycles. The van der Waals surface area contributed by atoms with Crippen LogP contribution in [0.3, 0.4) is 0 Å². The van der Waals surface area contributed by atoms with Crippen LogP contribution in [0.25, 0.3) is 0 Å². The van der Waals surface area contributed by atoms with Gasteiger partial charge in [0.25, 0.3) is 5.91 Å². The van der Waals surface area contributed by atoms with E-state index in [4.69, 9.17) is 4.74 Å². The molecular weight excluding hydrogens is 250 g/mol. The number of likely N-dealkylation sites (tertiary alicyclic amines) is 1. The molecule has 0 unspecified atom stereocenters. The minimum Gasteiger partial charge on any atom is -0.481 e. The molecule has 0 radical (unpaired) electrons. The molecule has 2 rings (SSSR count). The van der Waals surface area contributed by atoms with Gasteiger partial charge in [-0.05, 0) is 42.9 Å². The van der Waals surface area contributed by atoms with Gasteiger partial charge in [0.2, 0.25) is 0 Å². The molecule has 0 spiro atoms. The van der Waals surface area contributed by atoms with Gasteiger partial charge in [0.1, 0.15) is 5.75 Å². The fourth-order valence-corrected chi connectivity index (χ4v) is 2.48. The number of hydrogen-bond acceptors (Lipinski definition) is 2. The van der Waals surface area contributed by atoms with E-state index >= 15 is 0 Å². The number of amides is 1. The molecule has 3 heteroatoms. The highest BCUT2D eigenvalue weighted by atomic mass is 16.5. The summed E-state index contributed by atoms with van der Waals surface area (Å²) in [6, 6.07) is 8.05. The molecule has 1 aromatic rings. The summed E-state index contributed by atoms with van der Waals surface area (Å²) in [6.07, 6.45) is 1.81. The fraction of sp³-hybridized carbons (Fsp3) is 0.588. The van der Waals surface area contributed by atoms with Gasteiger partial charge >= 0.3 is 0 Å². The largest absolute Gasteiger partial charge is 0.481 e. The van der Waals surface area contributed by atoms with Crippen LogP contribution >= 0.6 is 0 Å². The lowest BCUT2D eigenvalue weighted by Crippen LogP contribution is -2.38. The Labute approximate surface area is 121 Å². The summed E-state index contributed by atoms with van der Waals surface area (Å²) >= 11 is 0. The maximum atomic E-state index is 12.2. The van der Waals surface area contributed by atoms with Gasteiger partial charge in [0, 0.05) is 13.1 Å². The molecule has 1 aliphatic rings. The first kappa shape index (κ1) is 14.9. The van der Waals surface area contributed by atoms with Crippen molar-refractivity contribution in [3.05, 3.63) is 29.8 Å². The maximum Gasteiger partial charge on any atom is 0.263 e. The van der Waals surface area contributed by atoms with Gasteiger partial charge in [-0.3, -0.25) is 4.79 Å². The minimum absolute atomic E-state index is 0.0994. The van der Waals surface area contributed by atoms with Crippen LogP contribution in [0.4, 0.5) is 0 Å². The van der Waals surface area contributed by atoms with E-state index < -0.39 is 6.10 Å². The number of carbonyl (C=O) groups is 1. The molecule has 20 heavy (non-hydrogen) atoms. The van der Waals surface area contributed by atoms with E-state index in [1.54, 1.807) is 0 Å². The summed E-state index contributed by atoms with van der Waals surface area (Å²) in [6.45, 7) is 10.1. The summed E-state index contributed by atoms with van der Waals surface area (Å²) < 4.78 is 5.76. The second kappa shape index (κ2) is 5.86. The molecule has 0 bridgehead atoms. The lowest BCUT2D eigenvalue weighted by Gasteiger charge is -2.22. The number of hydrogen-bond donors (Lipinski definition) is 0. The zero-order valence-corrected chi connectivity index (χ0v) is 13.0. The fourth-order valence-electron chi connectivity index (χ4n) is 2.48. The first-order chi connectivity index (χ1) is 9.38. The van der Waals surface area contributed by atoms with Crippen molar-refractivity contribution in [2.75, 3.05) is 13.1 Å². The Bertz CT molecular complexity index is 453. The summed E-state index contributed by atoms with van der Waals surface area (Å²) in [7, 11) is 0. The van der Waals surface area contributed by atoms with Crippen LogP contribution in [0.1, 0.15) is 46.1 Å². The molecule has 1 amide bonds. The van der Waals surface area contributed by atoms with E-state index in [0.29, 0.717) is 0 Å². The Morgan fingerprint density at radius 2 is 1.70 bits per heavy atom. The van der Waals surface area contributed by atoms with Gasteiger partial charge < -0.3 is 9.64 Å². The van der Waals surface area contributed by atoms with Gasteiger partial charge in [0.15, 0.2) is 6.10 Å². The lowest BCUT2D eigenvalue weighted by molar-refractivity contribution is -0.136. The first-order valence-electron chi connectivity index (χ1n) is 7.44. The van der Waals surface area contributed by atoms with Crippen LogP contribution in [0.2, 0.25) is 0 Å². The van der Waals surface area contributed by atoms with E-state index in [-0.39, 0.29) is 11.3 Å². The topological polar surface area (TPSA) is 29.5 Å². The standard InChI is InChI=1S/C17H25NO2/c1-13(16(19)18-11-5-6-12-18)20-15-9-7-14(8-10-15)17(2,3)4/h7-10,13H,5-6,11-12H2,1-4H3/t13-/m0/s1. The monoisotopic (exact) mass is 275 g/mol. The third-order valence-electron chi connectivity index (χ3n) is 3.80. The predicted octanol–water partition coefficient (Wildman–Crippen LogP) is 3.37. The van der Waals surface area contributed by atoms with Gasteiger partial charge in [-0.25, -0.2) is 0 Å². The summed E-state index contributed by atoms with van der Waals surface area (Å²) in [4.78, 5) is 14.1. The van der Waals surface area contributed by atoms with Gasteiger partial charge in [-0.2, -0.15) is 0 Å². The van der Waals surface area contributed by atoms with Crippen LogP contribution in [-0.2, 0) is 10.2 Å². The molecule has 1 fully saturated rings. The van der Waals surface area contributed by atoms with Crippen LogP contribution in [0.5, 0.6) is 5.75 Å².